The van der Waals surface area contributed by atoms with Gasteiger partial charge in [0.05, 0.1) is 18.4 Å². The number of anilines is 2. The van der Waals surface area contributed by atoms with Crippen LogP contribution in [0.4, 0.5) is 11.4 Å². The molecule has 3 unspecified atom stereocenters. The van der Waals surface area contributed by atoms with E-state index in [9.17, 15) is 5.11 Å². The van der Waals surface area contributed by atoms with Gasteiger partial charge in [-0.2, -0.15) is 0 Å². The van der Waals surface area contributed by atoms with Crippen molar-refractivity contribution in [2.24, 2.45) is 11.8 Å². The van der Waals surface area contributed by atoms with Gasteiger partial charge in [0.25, 0.3) is 0 Å². The number of nitrogen functional groups attached to an aromatic ring is 1. The molecule has 1 saturated heterocycles. The van der Waals surface area contributed by atoms with Gasteiger partial charge < -0.3 is 20.5 Å². The van der Waals surface area contributed by atoms with Gasteiger partial charge in [0.1, 0.15) is 5.75 Å². The molecule has 1 aromatic carbocycles. The lowest BCUT2D eigenvalue weighted by molar-refractivity contribution is 0.133. The third kappa shape index (κ3) is 2.25. The van der Waals surface area contributed by atoms with E-state index in [1.807, 2.05) is 25.1 Å². The Kier molecular flexibility index (Phi) is 3.27. The first-order valence-corrected chi connectivity index (χ1v) is 7.14. The summed E-state index contributed by atoms with van der Waals surface area (Å²) in [5, 5.41) is 9.98. The molecule has 4 nitrogen and oxygen atoms in total. The number of fused-ring (bicyclic) bond motifs is 1. The molecule has 0 radical (unpaired) electrons. The molecular formula is C15H22N2O2. The van der Waals surface area contributed by atoms with Gasteiger partial charge in [-0.25, -0.2) is 0 Å². The van der Waals surface area contributed by atoms with Crippen LogP contribution in [0, 0.1) is 11.8 Å². The molecule has 3 rings (SSSR count). The number of ether oxygens (including phenoxy) is 1. The minimum Gasteiger partial charge on any atom is -0.492 e. The van der Waals surface area contributed by atoms with E-state index >= 15 is 0 Å². The molecule has 0 amide bonds. The molecule has 0 bridgehead atoms. The predicted molar refractivity (Wildman–Crippen MR) is 76.5 cm³/mol. The maximum absolute atomic E-state index is 9.98. The van der Waals surface area contributed by atoms with Gasteiger partial charge in [0, 0.05) is 30.8 Å². The van der Waals surface area contributed by atoms with E-state index in [0.717, 1.165) is 37.4 Å². The fourth-order valence-electron chi connectivity index (χ4n) is 3.45. The van der Waals surface area contributed by atoms with Crippen LogP contribution in [-0.2, 0) is 0 Å². The summed E-state index contributed by atoms with van der Waals surface area (Å²) in [6.45, 7) is 4.57. The van der Waals surface area contributed by atoms with Crippen LogP contribution >= 0.6 is 0 Å². The highest BCUT2D eigenvalue weighted by Gasteiger charge is 2.41. The molecule has 1 aliphatic carbocycles. The van der Waals surface area contributed by atoms with Crippen molar-refractivity contribution >= 4 is 11.4 Å². The van der Waals surface area contributed by atoms with E-state index in [4.69, 9.17) is 10.5 Å². The molecular weight excluding hydrogens is 240 g/mol. The second-order valence-electron chi connectivity index (χ2n) is 5.63. The average Bonchev–Trinajstić information content (AvgIpc) is 2.95. The fraction of sp³-hybridized carbons (Fsp3) is 0.600. The van der Waals surface area contributed by atoms with Crippen LogP contribution in [0.1, 0.15) is 19.8 Å². The van der Waals surface area contributed by atoms with Crippen molar-refractivity contribution < 1.29 is 9.84 Å². The molecule has 0 aromatic heterocycles. The summed E-state index contributed by atoms with van der Waals surface area (Å²) in [5.41, 5.74) is 7.74. The van der Waals surface area contributed by atoms with E-state index in [2.05, 4.69) is 4.90 Å². The van der Waals surface area contributed by atoms with Gasteiger partial charge in [0.2, 0.25) is 0 Å². The molecule has 2 aliphatic rings. The van der Waals surface area contributed by atoms with Gasteiger partial charge in [-0.1, -0.05) is 0 Å². The summed E-state index contributed by atoms with van der Waals surface area (Å²) in [6, 6.07) is 5.97. The molecule has 1 aliphatic heterocycles. The summed E-state index contributed by atoms with van der Waals surface area (Å²) in [5.74, 6) is 1.84. The number of rotatable bonds is 3. The topological polar surface area (TPSA) is 58.7 Å². The number of nitrogens with two attached hydrogens (primary N) is 1. The highest BCUT2D eigenvalue weighted by molar-refractivity contribution is 5.62. The molecule has 104 valence electrons. The number of hydrogen-bond acceptors (Lipinski definition) is 4. The summed E-state index contributed by atoms with van der Waals surface area (Å²) in [7, 11) is 0. The second kappa shape index (κ2) is 4.93. The van der Waals surface area contributed by atoms with Gasteiger partial charge >= 0.3 is 0 Å². The van der Waals surface area contributed by atoms with Gasteiger partial charge in [-0.15, -0.1) is 0 Å². The predicted octanol–water partition coefficient (Wildman–Crippen LogP) is 1.87. The lowest BCUT2D eigenvalue weighted by Gasteiger charge is -2.21. The highest BCUT2D eigenvalue weighted by atomic mass is 16.5. The Labute approximate surface area is 114 Å². The fourth-order valence-corrected chi connectivity index (χ4v) is 3.45. The smallest absolute Gasteiger partial charge is 0.144 e. The maximum Gasteiger partial charge on any atom is 0.144 e. The summed E-state index contributed by atoms with van der Waals surface area (Å²) >= 11 is 0. The normalized spacial score (nSPS) is 29.6. The first kappa shape index (κ1) is 12.6. The molecule has 1 heterocycles. The molecule has 2 fully saturated rings. The van der Waals surface area contributed by atoms with Crippen LogP contribution in [0.2, 0.25) is 0 Å². The second-order valence-corrected chi connectivity index (χ2v) is 5.63. The minimum atomic E-state index is -0.116. The number of aliphatic hydroxyl groups excluding tert-OH is 1. The Morgan fingerprint density at radius 1 is 1.37 bits per heavy atom. The van der Waals surface area contributed by atoms with E-state index < -0.39 is 0 Å². The SMILES string of the molecule is CCOc1cc(N2CC3CCC(O)C3C2)ccc1N. The van der Waals surface area contributed by atoms with E-state index in [-0.39, 0.29) is 6.10 Å². The zero-order chi connectivity index (χ0) is 13.4. The van der Waals surface area contributed by atoms with Crippen LogP contribution in [0.15, 0.2) is 18.2 Å². The minimum absolute atomic E-state index is 0.116. The van der Waals surface area contributed by atoms with Gasteiger partial charge in [-0.05, 0) is 37.8 Å². The number of nitrogens with zero attached hydrogens (tertiary/aromatic N) is 1. The number of hydrogen-bond donors (Lipinski definition) is 2. The first-order chi connectivity index (χ1) is 9.19. The van der Waals surface area contributed by atoms with Crippen LogP contribution < -0.4 is 15.4 Å². The zero-order valence-corrected chi connectivity index (χ0v) is 11.4. The number of benzene rings is 1. The third-order valence-electron chi connectivity index (χ3n) is 4.48. The standard InChI is InChI=1S/C15H22N2O2/c1-2-19-15-7-11(4-5-13(15)16)17-8-10-3-6-14(18)12(10)9-17/h4-5,7,10,12,14,18H,2-3,6,8-9,16H2,1H3. The largest absolute Gasteiger partial charge is 0.492 e. The molecule has 4 heteroatoms. The Balaban J connectivity index is 1.78. The summed E-state index contributed by atoms with van der Waals surface area (Å²) in [4.78, 5) is 2.35. The van der Waals surface area contributed by atoms with E-state index in [1.165, 1.54) is 0 Å². The first-order valence-electron chi connectivity index (χ1n) is 7.14. The Morgan fingerprint density at radius 3 is 2.95 bits per heavy atom. The van der Waals surface area contributed by atoms with Gasteiger partial charge in [-0.3, -0.25) is 0 Å². The van der Waals surface area contributed by atoms with Gasteiger partial charge in [0.15, 0.2) is 0 Å². The molecule has 3 atom stereocenters. The Bertz CT molecular complexity index is 463. The monoisotopic (exact) mass is 262 g/mol. The van der Waals surface area contributed by atoms with Crippen molar-refractivity contribution in [2.45, 2.75) is 25.9 Å². The van der Waals surface area contributed by atoms with Crippen LogP contribution in [0.5, 0.6) is 5.75 Å². The lowest BCUT2D eigenvalue weighted by Crippen LogP contribution is -2.24. The number of aliphatic hydroxyl groups is 1. The van der Waals surface area contributed by atoms with Crippen molar-refractivity contribution in [2.75, 3.05) is 30.3 Å². The van der Waals surface area contributed by atoms with Crippen LogP contribution in [0.25, 0.3) is 0 Å². The molecule has 1 aromatic rings. The zero-order valence-electron chi connectivity index (χ0n) is 11.4. The summed E-state index contributed by atoms with van der Waals surface area (Å²) < 4.78 is 5.55. The lowest BCUT2D eigenvalue weighted by atomic mass is 10.00. The third-order valence-corrected chi connectivity index (χ3v) is 4.48. The molecule has 3 N–H and O–H groups in total. The van der Waals surface area contributed by atoms with Crippen molar-refractivity contribution in [3.05, 3.63) is 18.2 Å². The van der Waals surface area contributed by atoms with Crippen molar-refractivity contribution in [3.63, 3.8) is 0 Å². The maximum atomic E-state index is 9.98. The average molecular weight is 262 g/mol. The summed E-state index contributed by atoms with van der Waals surface area (Å²) in [6.07, 6.45) is 2.00. The quantitative estimate of drug-likeness (QED) is 0.817. The van der Waals surface area contributed by atoms with Crippen LogP contribution in [0.3, 0.4) is 0 Å². The van der Waals surface area contributed by atoms with E-state index in [1.54, 1.807) is 0 Å². The molecule has 0 spiro atoms. The Morgan fingerprint density at radius 2 is 2.21 bits per heavy atom. The van der Waals surface area contributed by atoms with Crippen molar-refractivity contribution in [3.8, 4) is 5.75 Å². The molecule has 19 heavy (non-hydrogen) atoms. The van der Waals surface area contributed by atoms with Crippen LogP contribution in [-0.4, -0.2) is 30.9 Å². The van der Waals surface area contributed by atoms with E-state index in [0.29, 0.717) is 24.1 Å². The van der Waals surface area contributed by atoms with Crippen molar-refractivity contribution in [1.82, 2.24) is 0 Å². The van der Waals surface area contributed by atoms with Crippen molar-refractivity contribution in [1.29, 1.82) is 0 Å². The molecule has 1 saturated carbocycles. The Hall–Kier alpha value is -1.42. The highest BCUT2D eigenvalue weighted by Crippen LogP contribution is 2.40.